The minimum absolute atomic E-state index is 0.138. The molecular formula is C15H18N4O5S2. The van der Waals surface area contributed by atoms with Crippen molar-refractivity contribution in [3.05, 3.63) is 36.0 Å². The highest BCUT2D eigenvalue weighted by atomic mass is 32.2. The first-order valence-corrected chi connectivity index (χ1v) is 11.4. The second kappa shape index (κ2) is 7.38. The lowest BCUT2D eigenvalue weighted by Gasteiger charge is -2.07. The van der Waals surface area contributed by atoms with Crippen LogP contribution in [0, 0.1) is 0 Å². The zero-order chi connectivity index (χ0) is 19.5. The summed E-state index contributed by atoms with van der Waals surface area (Å²) < 4.78 is 45.0. The number of sulfone groups is 2. The zero-order valence-corrected chi connectivity index (χ0v) is 15.8. The largest absolute Gasteiger partial charge is 0.384 e. The number of hydrogen-bond acceptors (Lipinski definition) is 8. The number of nitrogens with two attached hydrogens (primary N) is 1. The molecule has 0 saturated carbocycles. The number of hydrogen-bond donors (Lipinski definition) is 2. The van der Waals surface area contributed by atoms with Gasteiger partial charge in [0, 0.05) is 29.8 Å². The van der Waals surface area contributed by atoms with Crippen LogP contribution in [0.2, 0.25) is 0 Å². The summed E-state index contributed by atoms with van der Waals surface area (Å²) in [6.45, 7) is 0. The monoisotopic (exact) mass is 398 g/mol. The van der Waals surface area contributed by atoms with E-state index in [1.54, 1.807) is 24.3 Å². The van der Waals surface area contributed by atoms with E-state index in [4.69, 9.17) is 5.73 Å². The van der Waals surface area contributed by atoms with E-state index in [-0.39, 0.29) is 23.1 Å². The van der Waals surface area contributed by atoms with E-state index < -0.39 is 31.3 Å². The Labute approximate surface area is 151 Å². The van der Waals surface area contributed by atoms with Gasteiger partial charge in [0.2, 0.25) is 5.91 Å². The molecular weight excluding hydrogens is 380 g/mol. The maximum atomic E-state index is 11.6. The summed E-state index contributed by atoms with van der Waals surface area (Å²) in [7, 11) is -6.68. The first-order chi connectivity index (χ1) is 11.9. The SMILES string of the molecule is CS(=O)(=O)CC(=O)Nc1ccc(-c2nc(N)cc(CS(C)(=O)=O)n2)cc1. The Hall–Kier alpha value is -2.53. The molecule has 0 atom stereocenters. The number of nitrogens with zero attached hydrogens (tertiary/aromatic N) is 2. The summed E-state index contributed by atoms with van der Waals surface area (Å²) in [5.74, 6) is -1.12. The third-order valence-electron chi connectivity index (χ3n) is 3.03. The molecule has 2 rings (SSSR count). The Bertz CT molecular complexity index is 1030. The normalized spacial score (nSPS) is 11.9. The van der Waals surface area contributed by atoms with Gasteiger partial charge in [0.05, 0.1) is 11.4 Å². The van der Waals surface area contributed by atoms with E-state index in [0.717, 1.165) is 12.5 Å². The van der Waals surface area contributed by atoms with Gasteiger partial charge in [-0.15, -0.1) is 0 Å². The van der Waals surface area contributed by atoms with Crippen LogP contribution in [-0.2, 0) is 30.2 Å². The van der Waals surface area contributed by atoms with Crippen molar-refractivity contribution in [1.29, 1.82) is 0 Å². The maximum Gasteiger partial charge on any atom is 0.239 e. The van der Waals surface area contributed by atoms with Gasteiger partial charge in [0.25, 0.3) is 0 Å². The van der Waals surface area contributed by atoms with Crippen LogP contribution in [0.5, 0.6) is 0 Å². The number of nitrogen functional groups attached to an aromatic ring is 1. The molecule has 11 heteroatoms. The van der Waals surface area contributed by atoms with Gasteiger partial charge in [-0.3, -0.25) is 4.79 Å². The molecule has 26 heavy (non-hydrogen) atoms. The summed E-state index contributed by atoms with van der Waals surface area (Å²) in [6.07, 6.45) is 2.07. The Kier molecular flexibility index (Phi) is 5.62. The third-order valence-corrected chi connectivity index (χ3v) is 4.64. The highest BCUT2D eigenvalue weighted by Gasteiger charge is 2.12. The smallest absolute Gasteiger partial charge is 0.239 e. The van der Waals surface area contributed by atoms with Crippen LogP contribution in [0.1, 0.15) is 5.69 Å². The number of aromatic nitrogens is 2. The molecule has 0 bridgehead atoms. The van der Waals surface area contributed by atoms with Crippen molar-refractivity contribution in [1.82, 2.24) is 9.97 Å². The fourth-order valence-electron chi connectivity index (χ4n) is 2.13. The van der Waals surface area contributed by atoms with Gasteiger partial charge in [-0.1, -0.05) is 0 Å². The summed E-state index contributed by atoms with van der Waals surface area (Å²) in [5.41, 5.74) is 6.96. The molecule has 140 valence electrons. The fourth-order valence-corrected chi connectivity index (χ4v) is 3.36. The number of benzene rings is 1. The average molecular weight is 398 g/mol. The van der Waals surface area contributed by atoms with Crippen LogP contribution >= 0.6 is 0 Å². The number of carbonyl (C=O) groups is 1. The van der Waals surface area contributed by atoms with Gasteiger partial charge < -0.3 is 11.1 Å². The molecule has 0 fully saturated rings. The molecule has 2 aromatic rings. The lowest BCUT2D eigenvalue weighted by Crippen LogP contribution is -2.21. The van der Waals surface area contributed by atoms with Crippen LogP contribution in [0.25, 0.3) is 11.4 Å². The molecule has 0 radical (unpaired) electrons. The number of rotatable bonds is 6. The number of nitrogens with one attached hydrogen (secondary N) is 1. The van der Waals surface area contributed by atoms with Crippen molar-refractivity contribution in [3.63, 3.8) is 0 Å². The first kappa shape index (κ1) is 19.8. The van der Waals surface area contributed by atoms with Crippen molar-refractivity contribution >= 4 is 37.1 Å². The Morgan fingerprint density at radius 1 is 1.04 bits per heavy atom. The van der Waals surface area contributed by atoms with E-state index in [9.17, 15) is 21.6 Å². The molecule has 1 aromatic heterocycles. The molecule has 3 N–H and O–H groups in total. The van der Waals surface area contributed by atoms with Gasteiger partial charge >= 0.3 is 0 Å². The lowest BCUT2D eigenvalue weighted by atomic mass is 10.2. The minimum Gasteiger partial charge on any atom is -0.384 e. The number of carbonyl (C=O) groups excluding carboxylic acids is 1. The molecule has 1 amide bonds. The molecule has 9 nitrogen and oxygen atoms in total. The molecule has 0 saturated heterocycles. The number of anilines is 2. The maximum absolute atomic E-state index is 11.6. The van der Waals surface area contributed by atoms with Crippen molar-refractivity contribution in [2.45, 2.75) is 5.75 Å². The predicted octanol–water partition coefficient (Wildman–Crippen LogP) is 0.253. The number of amides is 1. The quantitative estimate of drug-likeness (QED) is 0.703. The summed E-state index contributed by atoms with van der Waals surface area (Å²) in [4.78, 5) is 19.9. The molecule has 0 spiro atoms. The molecule has 0 aliphatic heterocycles. The van der Waals surface area contributed by atoms with Gasteiger partial charge in [-0.25, -0.2) is 26.8 Å². The molecule has 1 heterocycles. The minimum atomic E-state index is -3.41. The van der Waals surface area contributed by atoms with E-state index >= 15 is 0 Å². The van der Waals surface area contributed by atoms with Crippen molar-refractivity contribution in [2.24, 2.45) is 0 Å². The Morgan fingerprint density at radius 2 is 1.65 bits per heavy atom. The van der Waals surface area contributed by atoms with Crippen LogP contribution in [-0.4, -0.2) is 51.0 Å². The van der Waals surface area contributed by atoms with E-state index in [2.05, 4.69) is 15.3 Å². The van der Waals surface area contributed by atoms with Gasteiger partial charge in [0.15, 0.2) is 25.5 Å². The average Bonchev–Trinajstić information content (AvgIpc) is 2.43. The van der Waals surface area contributed by atoms with Crippen LogP contribution < -0.4 is 11.1 Å². The fraction of sp³-hybridized carbons (Fsp3) is 0.267. The summed E-state index contributed by atoms with van der Waals surface area (Å²) in [5, 5.41) is 2.47. The molecule has 0 aliphatic rings. The lowest BCUT2D eigenvalue weighted by molar-refractivity contribution is -0.113. The topological polar surface area (TPSA) is 149 Å². The summed E-state index contributed by atoms with van der Waals surface area (Å²) in [6, 6.07) is 7.71. The second-order valence-electron chi connectivity index (χ2n) is 5.87. The van der Waals surface area contributed by atoms with Crippen LogP contribution in [0.15, 0.2) is 30.3 Å². The van der Waals surface area contributed by atoms with Crippen molar-refractivity contribution in [2.75, 3.05) is 29.3 Å². The Morgan fingerprint density at radius 3 is 2.19 bits per heavy atom. The van der Waals surface area contributed by atoms with E-state index in [0.29, 0.717) is 11.3 Å². The Balaban J connectivity index is 2.21. The second-order valence-corrected chi connectivity index (χ2v) is 10.2. The van der Waals surface area contributed by atoms with Gasteiger partial charge in [-0.05, 0) is 24.3 Å². The standard InChI is InChI=1S/C15H18N4O5S2/c1-25(21,22)8-12-7-13(16)19-15(18-12)10-3-5-11(6-4-10)17-14(20)9-26(2,23)24/h3-7H,8-9H2,1-2H3,(H,17,20)(H2,16,18,19). The van der Waals surface area contributed by atoms with Gasteiger partial charge in [0.1, 0.15) is 11.6 Å². The third kappa shape index (κ3) is 6.41. The van der Waals surface area contributed by atoms with Crippen LogP contribution in [0.4, 0.5) is 11.5 Å². The zero-order valence-electron chi connectivity index (χ0n) is 14.1. The first-order valence-electron chi connectivity index (χ1n) is 7.30. The summed E-state index contributed by atoms with van der Waals surface area (Å²) >= 11 is 0. The van der Waals surface area contributed by atoms with Gasteiger partial charge in [-0.2, -0.15) is 0 Å². The molecule has 0 aliphatic carbocycles. The van der Waals surface area contributed by atoms with Crippen LogP contribution in [0.3, 0.4) is 0 Å². The predicted molar refractivity (Wildman–Crippen MR) is 98.8 cm³/mol. The van der Waals surface area contributed by atoms with Crippen molar-refractivity contribution in [3.8, 4) is 11.4 Å². The highest BCUT2D eigenvalue weighted by molar-refractivity contribution is 7.91. The highest BCUT2D eigenvalue weighted by Crippen LogP contribution is 2.20. The van der Waals surface area contributed by atoms with E-state index in [1.807, 2.05) is 0 Å². The molecule has 0 unspecified atom stereocenters. The van der Waals surface area contributed by atoms with E-state index in [1.165, 1.54) is 6.07 Å². The molecule has 1 aromatic carbocycles. The van der Waals surface area contributed by atoms with Crippen molar-refractivity contribution < 1.29 is 21.6 Å².